The maximum absolute atomic E-state index is 13.0. The number of carbonyl (C=O) groups excluding carboxylic acids is 1. The molecule has 0 fully saturated rings. The number of carbonyl (C=O) groups is 1. The Morgan fingerprint density at radius 2 is 1.61 bits per heavy atom. The van der Waals surface area contributed by atoms with Crippen LogP contribution in [0.2, 0.25) is 0 Å². The van der Waals surface area contributed by atoms with E-state index < -0.39 is 0 Å². The largest absolute Gasteiger partial charge is 0.332 e. The van der Waals surface area contributed by atoms with Crippen molar-refractivity contribution < 1.29 is 4.79 Å². The van der Waals surface area contributed by atoms with Gasteiger partial charge in [0.25, 0.3) is 5.56 Å². The monoisotopic (exact) mass is 440 g/mol. The molecule has 168 valence electrons. The third kappa shape index (κ3) is 4.96. The quantitative estimate of drug-likeness (QED) is 0.461. The molecule has 2 amide bonds. The maximum atomic E-state index is 13.0. The summed E-state index contributed by atoms with van der Waals surface area (Å²) >= 11 is 0. The fourth-order valence-corrected chi connectivity index (χ4v) is 4.10. The van der Waals surface area contributed by atoms with Gasteiger partial charge in [-0.25, -0.2) is 4.79 Å². The van der Waals surface area contributed by atoms with Crippen LogP contribution < -0.4 is 16.2 Å². The lowest BCUT2D eigenvalue weighted by molar-refractivity contribution is 0.251. The fraction of sp³-hybridized carbons (Fsp3) is 0.185. The molecular formula is C27H28N4O2. The van der Waals surface area contributed by atoms with Gasteiger partial charge in [0.1, 0.15) is 0 Å². The van der Waals surface area contributed by atoms with Gasteiger partial charge in [-0.2, -0.15) is 0 Å². The highest BCUT2D eigenvalue weighted by Gasteiger charge is 2.16. The number of hydrogen-bond acceptors (Lipinski definition) is 3. The minimum atomic E-state index is -0.323. The zero-order valence-electron chi connectivity index (χ0n) is 19.1. The molecule has 0 aliphatic rings. The van der Waals surface area contributed by atoms with E-state index in [0.29, 0.717) is 5.39 Å². The van der Waals surface area contributed by atoms with E-state index in [1.54, 1.807) is 11.6 Å². The van der Waals surface area contributed by atoms with Crippen LogP contribution >= 0.6 is 0 Å². The molecule has 3 aromatic carbocycles. The van der Waals surface area contributed by atoms with E-state index in [-0.39, 0.29) is 18.1 Å². The Labute approximate surface area is 193 Å². The van der Waals surface area contributed by atoms with E-state index in [4.69, 9.17) is 0 Å². The van der Waals surface area contributed by atoms with E-state index in [1.165, 1.54) is 0 Å². The van der Waals surface area contributed by atoms with Crippen molar-refractivity contribution in [1.29, 1.82) is 0 Å². The van der Waals surface area contributed by atoms with Crippen LogP contribution in [0, 0.1) is 0 Å². The number of nitrogens with zero attached hydrogens (tertiary/aromatic N) is 2. The van der Waals surface area contributed by atoms with Gasteiger partial charge in [0.2, 0.25) is 0 Å². The SMILES string of the molecule is CN(C)Cc1cccc(NC(=O)NCc2c(-c3ccccc3)c3ccccc3c(=O)n2C)c1. The molecule has 0 atom stereocenters. The molecule has 1 heterocycles. The van der Waals surface area contributed by atoms with Crippen LogP contribution in [0.15, 0.2) is 83.7 Å². The molecule has 4 rings (SSSR count). The van der Waals surface area contributed by atoms with Crippen molar-refractivity contribution >= 4 is 22.5 Å². The highest BCUT2D eigenvalue weighted by molar-refractivity contribution is 5.97. The normalized spacial score (nSPS) is 11.0. The van der Waals surface area contributed by atoms with Crippen molar-refractivity contribution in [2.75, 3.05) is 19.4 Å². The lowest BCUT2D eigenvalue weighted by Crippen LogP contribution is -2.32. The molecule has 33 heavy (non-hydrogen) atoms. The third-order valence-electron chi connectivity index (χ3n) is 5.59. The Hall–Kier alpha value is -3.90. The summed E-state index contributed by atoms with van der Waals surface area (Å²) in [6, 6.07) is 25.0. The predicted molar refractivity (Wildman–Crippen MR) is 134 cm³/mol. The number of pyridine rings is 1. The second kappa shape index (κ2) is 9.71. The lowest BCUT2D eigenvalue weighted by Gasteiger charge is -2.18. The Bertz CT molecular complexity index is 1340. The minimum absolute atomic E-state index is 0.0844. The van der Waals surface area contributed by atoms with E-state index in [2.05, 4.69) is 15.5 Å². The molecule has 1 aromatic heterocycles. The summed E-state index contributed by atoms with van der Waals surface area (Å²) in [5.41, 5.74) is 4.45. The van der Waals surface area contributed by atoms with Crippen LogP contribution in [-0.2, 0) is 20.1 Å². The molecule has 0 spiro atoms. The van der Waals surface area contributed by atoms with Gasteiger partial charge in [0.15, 0.2) is 0 Å². The van der Waals surface area contributed by atoms with E-state index in [9.17, 15) is 9.59 Å². The number of anilines is 1. The van der Waals surface area contributed by atoms with Crippen molar-refractivity contribution in [3.63, 3.8) is 0 Å². The Morgan fingerprint density at radius 3 is 2.33 bits per heavy atom. The summed E-state index contributed by atoms with van der Waals surface area (Å²) < 4.78 is 1.63. The Kier molecular flexibility index (Phi) is 6.56. The summed E-state index contributed by atoms with van der Waals surface area (Å²) in [4.78, 5) is 27.8. The number of rotatable bonds is 6. The second-order valence-electron chi connectivity index (χ2n) is 8.34. The van der Waals surface area contributed by atoms with Crippen molar-refractivity contribution in [1.82, 2.24) is 14.8 Å². The standard InChI is InChI=1S/C27H28N4O2/c1-30(2)18-19-10-9-13-21(16-19)29-27(33)28-17-24-25(20-11-5-4-6-12-20)22-14-7-8-15-23(22)26(32)31(24)3/h4-16H,17-18H2,1-3H3,(H2,28,29,33). The Morgan fingerprint density at radius 1 is 0.909 bits per heavy atom. The zero-order valence-corrected chi connectivity index (χ0v) is 19.1. The lowest BCUT2D eigenvalue weighted by atomic mass is 9.97. The van der Waals surface area contributed by atoms with Gasteiger partial charge in [-0.15, -0.1) is 0 Å². The van der Waals surface area contributed by atoms with Crippen LogP contribution in [-0.4, -0.2) is 29.6 Å². The van der Waals surface area contributed by atoms with Crippen molar-refractivity contribution in [3.8, 4) is 11.1 Å². The van der Waals surface area contributed by atoms with E-state index >= 15 is 0 Å². The van der Waals surface area contributed by atoms with Gasteiger partial charge in [0.05, 0.1) is 6.54 Å². The summed E-state index contributed by atoms with van der Waals surface area (Å²) in [7, 11) is 5.76. The molecule has 0 aliphatic carbocycles. The maximum Gasteiger partial charge on any atom is 0.319 e. The minimum Gasteiger partial charge on any atom is -0.332 e. The van der Waals surface area contributed by atoms with Gasteiger partial charge in [-0.1, -0.05) is 60.7 Å². The van der Waals surface area contributed by atoms with Crippen LogP contribution in [0.3, 0.4) is 0 Å². The van der Waals surface area contributed by atoms with Gasteiger partial charge in [0, 0.05) is 35.9 Å². The molecular weight excluding hydrogens is 412 g/mol. The molecule has 0 radical (unpaired) electrons. The first-order chi connectivity index (χ1) is 15.9. The number of aromatic nitrogens is 1. The van der Waals surface area contributed by atoms with Gasteiger partial charge in [-0.3, -0.25) is 4.79 Å². The predicted octanol–water partition coefficient (Wildman–Crippen LogP) is 4.59. The highest BCUT2D eigenvalue weighted by atomic mass is 16.2. The molecule has 6 nitrogen and oxygen atoms in total. The van der Waals surface area contributed by atoms with Crippen LogP contribution in [0.25, 0.3) is 21.9 Å². The number of amides is 2. The highest BCUT2D eigenvalue weighted by Crippen LogP contribution is 2.30. The number of urea groups is 1. The van der Waals surface area contributed by atoms with Gasteiger partial charge < -0.3 is 20.1 Å². The van der Waals surface area contributed by atoms with E-state index in [0.717, 1.165) is 40.0 Å². The summed E-state index contributed by atoms with van der Waals surface area (Å²) in [6.07, 6.45) is 0. The molecule has 0 unspecified atom stereocenters. The first kappa shape index (κ1) is 22.3. The first-order valence-corrected chi connectivity index (χ1v) is 10.9. The van der Waals surface area contributed by atoms with Crippen LogP contribution in [0.4, 0.5) is 10.5 Å². The molecule has 6 heteroatoms. The van der Waals surface area contributed by atoms with Gasteiger partial charge in [-0.05, 0) is 48.8 Å². The average molecular weight is 441 g/mol. The van der Waals surface area contributed by atoms with E-state index in [1.807, 2.05) is 93.0 Å². The number of benzene rings is 3. The first-order valence-electron chi connectivity index (χ1n) is 10.9. The fourth-order valence-electron chi connectivity index (χ4n) is 4.10. The zero-order chi connectivity index (χ0) is 23.4. The average Bonchev–Trinajstić information content (AvgIpc) is 2.81. The smallest absolute Gasteiger partial charge is 0.319 e. The van der Waals surface area contributed by atoms with Crippen molar-refractivity contribution in [2.24, 2.45) is 7.05 Å². The number of nitrogens with one attached hydrogen (secondary N) is 2. The summed E-state index contributed by atoms with van der Waals surface area (Å²) in [5.74, 6) is 0. The third-order valence-corrected chi connectivity index (χ3v) is 5.59. The number of fused-ring (bicyclic) bond motifs is 1. The molecule has 0 saturated carbocycles. The van der Waals surface area contributed by atoms with Gasteiger partial charge >= 0.3 is 6.03 Å². The Balaban J connectivity index is 1.63. The number of hydrogen-bond donors (Lipinski definition) is 2. The topological polar surface area (TPSA) is 66.4 Å². The van der Waals surface area contributed by atoms with Crippen LogP contribution in [0.5, 0.6) is 0 Å². The van der Waals surface area contributed by atoms with Crippen molar-refractivity contribution in [2.45, 2.75) is 13.1 Å². The van der Waals surface area contributed by atoms with Crippen molar-refractivity contribution in [3.05, 3.63) is 100 Å². The molecule has 4 aromatic rings. The summed E-state index contributed by atoms with van der Waals surface area (Å²) in [5, 5.41) is 7.36. The molecule has 0 saturated heterocycles. The summed E-state index contributed by atoms with van der Waals surface area (Å²) in [6.45, 7) is 1.00. The molecule has 0 aliphatic heterocycles. The molecule has 0 bridgehead atoms. The second-order valence-corrected chi connectivity index (χ2v) is 8.34. The van der Waals surface area contributed by atoms with Crippen LogP contribution in [0.1, 0.15) is 11.3 Å². The molecule has 2 N–H and O–H groups in total.